The predicted molar refractivity (Wildman–Crippen MR) is 92.4 cm³/mol. The summed E-state index contributed by atoms with van der Waals surface area (Å²) < 4.78 is 12.3. The van der Waals surface area contributed by atoms with Gasteiger partial charge < -0.3 is 9.47 Å². The first-order valence-electron chi connectivity index (χ1n) is 7.64. The van der Waals surface area contributed by atoms with Crippen molar-refractivity contribution in [1.82, 2.24) is 0 Å². The van der Waals surface area contributed by atoms with Crippen LogP contribution in [0.15, 0.2) is 53.0 Å². The normalized spacial score (nSPS) is 21.9. The lowest BCUT2D eigenvalue weighted by atomic mass is 9.85. The summed E-state index contributed by atoms with van der Waals surface area (Å²) in [5.41, 5.74) is 1.48. The Hall–Kier alpha value is -2.14. The van der Waals surface area contributed by atoms with Crippen molar-refractivity contribution >= 4 is 27.9 Å². The quantitative estimate of drug-likeness (QED) is 0.751. The van der Waals surface area contributed by atoms with E-state index in [2.05, 4.69) is 15.9 Å². The minimum Gasteiger partial charge on any atom is -0.457 e. The molecule has 2 atom stereocenters. The summed E-state index contributed by atoms with van der Waals surface area (Å²) in [6, 6.07) is 15.2. The number of hydrogen-bond donors (Lipinski definition) is 0. The number of fused-ring (bicyclic) bond motifs is 1. The van der Waals surface area contributed by atoms with Gasteiger partial charge in [0.1, 0.15) is 0 Å². The van der Waals surface area contributed by atoms with E-state index in [0.29, 0.717) is 6.42 Å². The van der Waals surface area contributed by atoms with Crippen LogP contribution in [0.2, 0.25) is 0 Å². The van der Waals surface area contributed by atoms with Gasteiger partial charge in [-0.05, 0) is 17.7 Å². The Bertz CT molecular complexity index is 801. The fourth-order valence-electron chi connectivity index (χ4n) is 3.37. The van der Waals surface area contributed by atoms with Crippen molar-refractivity contribution in [2.45, 2.75) is 32.0 Å². The highest BCUT2D eigenvalue weighted by Crippen LogP contribution is 2.47. The second-order valence-corrected chi connectivity index (χ2v) is 6.71. The fourth-order valence-corrected chi connectivity index (χ4v) is 3.77. The summed E-state index contributed by atoms with van der Waals surface area (Å²) in [6.07, 6.45) is -0.110. The summed E-state index contributed by atoms with van der Waals surface area (Å²) in [4.78, 5) is 23.6. The molecule has 4 nitrogen and oxygen atoms in total. The van der Waals surface area contributed by atoms with Crippen LogP contribution < -0.4 is 0 Å². The van der Waals surface area contributed by atoms with Gasteiger partial charge in [0.25, 0.3) is 0 Å². The molecule has 0 aromatic heterocycles. The van der Waals surface area contributed by atoms with E-state index in [4.69, 9.17) is 9.47 Å². The van der Waals surface area contributed by atoms with E-state index in [0.717, 1.165) is 21.2 Å². The third-order valence-electron chi connectivity index (χ3n) is 4.14. The van der Waals surface area contributed by atoms with Gasteiger partial charge in [-0.1, -0.05) is 52.3 Å². The number of halogens is 1. The monoisotopic (exact) mass is 388 g/mol. The molecule has 0 heterocycles. The Labute approximate surface area is 148 Å². The number of hydrogen-bond acceptors (Lipinski definition) is 4. The van der Waals surface area contributed by atoms with Crippen molar-refractivity contribution in [2.75, 3.05) is 0 Å². The van der Waals surface area contributed by atoms with Crippen LogP contribution in [0.3, 0.4) is 0 Å². The maximum atomic E-state index is 11.9. The maximum absolute atomic E-state index is 11.9. The average Bonchev–Trinajstić information content (AvgIpc) is 2.81. The molecule has 0 fully saturated rings. The van der Waals surface area contributed by atoms with Crippen LogP contribution in [0.25, 0.3) is 0 Å². The first-order valence-corrected chi connectivity index (χ1v) is 8.44. The van der Waals surface area contributed by atoms with Gasteiger partial charge in [-0.2, -0.15) is 0 Å². The minimum atomic E-state index is -1.14. The molecular formula is C19H17BrO4. The predicted octanol–water partition coefficient (Wildman–Crippen LogP) is 3.74. The largest absolute Gasteiger partial charge is 0.457 e. The maximum Gasteiger partial charge on any atom is 0.304 e. The van der Waals surface area contributed by atoms with Crippen LogP contribution in [0.4, 0.5) is 0 Å². The van der Waals surface area contributed by atoms with Gasteiger partial charge in [0.05, 0.1) is 0 Å². The van der Waals surface area contributed by atoms with Crippen LogP contribution >= 0.6 is 15.9 Å². The molecule has 0 saturated carbocycles. The molecule has 2 aromatic rings. The zero-order chi connectivity index (χ0) is 17.3. The van der Waals surface area contributed by atoms with E-state index in [9.17, 15) is 9.59 Å². The molecule has 0 amide bonds. The zero-order valence-corrected chi connectivity index (χ0v) is 15.0. The number of carbonyl (C=O) groups is 2. The smallest absolute Gasteiger partial charge is 0.304 e. The second kappa shape index (κ2) is 6.40. The van der Waals surface area contributed by atoms with E-state index in [1.807, 2.05) is 48.5 Å². The minimum absolute atomic E-state index is 0.403. The Kier molecular flexibility index (Phi) is 4.45. The topological polar surface area (TPSA) is 52.6 Å². The summed E-state index contributed by atoms with van der Waals surface area (Å²) >= 11 is 3.46. The molecule has 0 saturated heterocycles. The summed E-state index contributed by atoms with van der Waals surface area (Å²) in [6.45, 7) is 2.73. The highest BCUT2D eigenvalue weighted by atomic mass is 79.9. The first-order chi connectivity index (χ1) is 11.4. The van der Waals surface area contributed by atoms with Crippen LogP contribution in [0.1, 0.15) is 30.5 Å². The fraction of sp³-hybridized carbons (Fsp3) is 0.263. The summed E-state index contributed by atoms with van der Waals surface area (Å²) in [7, 11) is 0. The first kappa shape index (κ1) is 16.7. The Morgan fingerprint density at radius 1 is 1.08 bits per heavy atom. The number of ether oxygens (including phenoxy) is 2. The molecule has 0 aliphatic heterocycles. The second-order valence-electron chi connectivity index (χ2n) is 5.80. The number of benzene rings is 2. The lowest BCUT2D eigenvalue weighted by molar-refractivity contribution is -0.176. The van der Waals surface area contributed by atoms with Gasteiger partial charge in [0.15, 0.2) is 11.7 Å². The van der Waals surface area contributed by atoms with Crippen LogP contribution in [0.5, 0.6) is 0 Å². The standard InChI is InChI=1S/C19H17BrO4/c1-12(21)23-18-10-14-6-3-4-9-17(14)19(18,24-13(2)22)15-7-5-8-16(20)11-15/h3-9,11,18H,10H2,1-2H3/t18-,19-/m1/s1. The van der Waals surface area contributed by atoms with Crippen molar-refractivity contribution in [3.8, 4) is 0 Å². The zero-order valence-electron chi connectivity index (χ0n) is 13.4. The van der Waals surface area contributed by atoms with Crippen LogP contribution in [-0.4, -0.2) is 18.0 Å². The molecule has 1 aliphatic carbocycles. The van der Waals surface area contributed by atoms with Crippen LogP contribution in [0, 0.1) is 0 Å². The van der Waals surface area contributed by atoms with Gasteiger partial charge in [0.2, 0.25) is 0 Å². The highest BCUT2D eigenvalue weighted by molar-refractivity contribution is 9.10. The SMILES string of the molecule is CC(=O)O[C@@H]1Cc2ccccc2[C@]1(OC(C)=O)c1cccc(Br)c1. The third-order valence-corrected chi connectivity index (χ3v) is 4.64. The highest BCUT2D eigenvalue weighted by Gasteiger charge is 2.53. The van der Waals surface area contributed by atoms with Gasteiger partial charge >= 0.3 is 11.9 Å². The Balaban J connectivity index is 2.26. The Morgan fingerprint density at radius 3 is 2.50 bits per heavy atom. The van der Waals surface area contributed by atoms with Crippen LogP contribution in [-0.2, 0) is 31.1 Å². The summed E-state index contributed by atoms with van der Waals surface area (Å²) in [5, 5.41) is 0. The van der Waals surface area contributed by atoms with Crippen molar-refractivity contribution in [3.63, 3.8) is 0 Å². The van der Waals surface area contributed by atoms with Crippen molar-refractivity contribution in [1.29, 1.82) is 0 Å². The number of rotatable bonds is 3. The van der Waals surface area contributed by atoms with E-state index in [1.54, 1.807) is 0 Å². The Morgan fingerprint density at radius 2 is 1.83 bits per heavy atom. The van der Waals surface area contributed by atoms with Gasteiger partial charge in [-0.3, -0.25) is 9.59 Å². The summed E-state index contributed by atoms with van der Waals surface area (Å²) in [5.74, 6) is -0.830. The molecule has 5 heteroatoms. The van der Waals surface area contributed by atoms with Gasteiger partial charge in [-0.15, -0.1) is 0 Å². The molecule has 1 aliphatic rings. The molecule has 24 heavy (non-hydrogen) atoms. The van der Waals surface area contributed by atoms with Crippen molar-refractivity contribution in [2.24, 2.45) is 0 Å². The molecular weight excluding hydrogens is 372 g/mol. The molecule has 124 valence electrons. The van der Waals surface area contributed by atoms with Crippen molar-refractivity contribution in [3.05, 3.63) is 69.7 Å². The molecule has 0 bridgehead atoms. The average molecular weight is 389 g/mol. The van der Waals surface area contributed by atoms with Gasteiger partial charge in [-0.25, -0.2) is 0 Å². The number of esters is 2. The molecule has 0 radical (unpaired) electrons. The van der Waals surface area contributed by atoms with E-state index in [-0.39, 0.29) is 0 Å². The lowest BCUT2D eigenvalue weighted by Gasteiger charge is -2.35. The van der Waals surface area contributed by atoms with Gasteiger partial charge in [0, 0.05) is 35.9 Å². The molecule has 3 rings (SSSR count). The molecule has 0 N–H and O–H groups in total. The third kappa shape index (κ3) is 2.84. The van der Waals surface area contributed by atoms with E-state index in [1.165, 1.54) is 13.8 Å². The number of carbonyl (C=O) groups excluding carboxylic acids is 2. The van der Waals surface area contributed by atoms with E-state index < -0.39 is 23.6 Å². The molecule has 0 spiro atoms. The molecule has 0 unspecified atom stereocenters. The lowest BCUT2D eigenvalue weighted by Crippen LogP contribution is -2.43. The molecule has 2 aromatic carbocycles. The van der Waals surface area contributed by atoms with E-state index >= 15 is 0 Å². The van der Waals surface area contributed by atoms with Crippen molar-refractivity contribution < 1.29 is 19.1 Å².